The number of nitrogens with zero attached hydrogens (tertiary/aromatic N) is 1. The number of allylic oxidation sites excluding steroid dienone is 1. The van der Waals surface area contributed by atoms with Gasteiger partial charge in [-0.15, -0.1) is 11.3 Å². The molecule has 15 heavy (non-hydrogen) atoms. The first-order valence-electron chi connectivity index (χ1n) is 5.02. The van der Waals surface area contributed by atoms with Crippen molar-refractivity contribution in [2.24, 2.45) is 0 Å². The van der Waals surface area contributed by atoms with Crippen molar-refractivity contribution < 1.29 is 4.79 Å². The molecule has 2 nitrogen and oxygen atoms in total. The highest BCUT2D eigenvalue weighted by Gasteiger charge is 2.16. The van der Waals surface area contributed by atoms with Crippen molar-refractivity contribution in [3.63, 3.8) is 0 Å². The van der Waals surface area contributed by atoms with Gasteiger partial charge in [0.1, 0.15) is 0 Å². The van der Waals surface area contributed by atoms with E-state index in [1.165, 1.54) is 9.75 Å². The normalized spacial score (nSPS) is 13.1. The second-order valence-corrected chi connectivity index (χ2v) is 4.89. The molecular weight excluding hydrogens is 206 g/mol. The maximum atomic E-state index is 11.6. The van der Waals surface area contributed by atoms with E-state index in [1.54, 1.807) is 28.4 Å². The van der Waals surface area contributed by atoms with E-state index in [9.17, 15) is 4.79 Å². The summed E-state index contributed by atoms with van der Waals surface area (Å²) in [5.74, 6) is 0.0519. The lowest BCUT2D eigenvalue weighted by molar-refractivity contribution is -0.126. The Kier molecular flexibility index (Phi) is 4.09. The molecule has 0 saturated heterocycles. The van der Waals surface area contributed by atoms with Gasteiger partial charge >= 0.3 is 0 Å². The number of likely N-dealkylation sites (N-methyl/N-ethyl adjacent to an activating group) is 1. The van der Waals surface area contributed by atoms with Crippen LogP contribution < -0.4 is 0 Å². The van der Waals surface area contributed by atoms with Crippen LogP contribution in [0.1, 0.15) is 29.6 Å². The van der Waals surface area contributed by atoms with Crippen molar-refractivity contribution in [1.82, 2.24) is 4.90 Å². The molecule has 0 aliphatic rings. The van der Waals surface area contributed by atoms with Crippen LogP contribution in [0, 0.1) is 6.92 Å². The van der Waals surface area contributed by atoms with E-state index in [-0.39, 0.29) is 11.9 Å². The Balaban J connectivity index is 2.76. The van der Waals surface area contributed by atoms with Gasteiger partial charge in [-0.25, -0.2) is 0 Å². The molecule has 1 aromatic rings. The Morgan fingerprint density at radius 2 is 2.20 bits per heavy atom. The van der Waals surface area contributed by atoms with E-state index >= 15 is 0 Å². The monoisotopic (exact) mass is 223 g/mol. The summed E-state index contributed by atoms with van der Waals surface area (Å²) >= 11 is 1.74. The number of amides is 1. The van der Waals surface area contributed by atoms with Crippen LogP contribution in [0.2, 0.25) is 0 Å². The van der Waals surface area contributed by atoms with Crippen molar-refractivity contribution in [3.05, 3.63) is 34.0 Å². The van der Waals surface area contributed by atoms with Gasteiger partial charge in [0.05, 0.1) is 6.04 Å². The second-order valence-electron chi connectivity index (χ2n) is 3.57. The Hall–Kier alpha value is -1.09. The van der Waals surface area contributed by atoms with E-state index in [2.05, 4.69) is 19.1 Å². The minimum absolute atomic E-state index is 0.0519. The minimum atomic E-state index is 0.0519. The molecule has 0 fully saturated rings. The fraction of sp³-hybridized carbons (Fsp3) is 0.417. The van der Waals surface area contributed by atoms with Crippen LogP contribution in [0.5, 0.6) is 0 Å². The maximum absolute atomic E-state index is 11.6. The van der Waals surface area contributed by atoms with Crippen LogP contribution in [-0.2, 0) is 4.79 Å². The van der Waals surface area contributed by atoms with Crippen LogP contribution in [-0.4, -0.2) is 17.9 Å². The van der Waals surface area contributed by atoms with Gasteiger partial charge in [0.25, 0.3) is 0 Å². The predicted molar refractivity (Wildman–Crippen MR) is 65.1 cm³/mol. The van der Waals surface area contributed by atoms with Gasteiger partial charge in [-0.05, 0) is 39.0 Å². The van der Waals surface area contributed by atoms with E-state index < -0.39 is 0 Å². The summed E-state index contributed by atoms with van der Waals surface area (Å²) in [4.78, 5) is 15.9. The molecule has 0 bridgehead atoms. The van der Waals surface area contributed by atoms with Gasteiger partial charge in [0.15, 0.2) is 0 Å². The summed E-state index contributed by atoms with van der Waals surface area (Å²) in [6.07, 6.45) is 3.36. The quantitative estimate of drug-likeness (QED) is 0.721. The van der Waals surface area contributed by atoms with Crippen molar-refractivity contribution in [2.75, 3.05) is 7.05 Å². The van der Waals surface area contributed by atoms with Crippen LogP contribution in [0.25, 0.3) is 0 Å². The molecule has 0 aliphatic carbocycles. The molecule has 1 aromatic heterocycles. The second kappa shape index (κ2) is 5.12. The number of rotatable bonds is 3. The molecule has 1 heterocycles. The molecular formula is C12H17NOS. The molecule has 1 amide bonds. The molecule has 0 radical (unpaired) electrons. The SMILES string of the molecule is CC=CC(=O)N(C)C(C)c1ccc(C)s1. The standard InChI is InChI=1S/C12H17NOS/c1-5-6-12(14)13(4)10(3)11-8-7-9(2)15-11/h5-8,10H,1-4H3. The zero-order chi connectivity index (χ0) is 11.4. The zero-order valence-electron chi connectivity index (χ0n) is 9.65. The summed E-state index contributed by atoms with van der Waals surface area (Å²) in [6.45, 7) is 5.98. The number of thiophene rings is 1. The first-order chi connectivity index (χ1) is 7.06. The molecule has 1 rings (SSSR count). The molecule has 0 spiro atoms. The fourth-order valence-electron chi connectivity index (χ4n) is 1.32. The summed E-state index contributed by atoms with van der Waals surface area (Å²) in [7, 11) is 1.84. The third-order valence-electron chi connectivity index (χ3n) is 2.41. The number of carbonyl (C=O) groups is 1. The Morgan fingerprint density at radius 3 is 2.67 bits per heavy atom. The molecule has 0 N–H and O–H groups in total. The summed E-state index contributed by atoms with van der Waals surface area (Å²) in [6, 6.07) is 4.32. The largest absolute Gasteiger partial charge is 0.335 e. The van der Waals surface area contributed by atoms with Gasteiger partial charge in [-0.1, -0.05) is 6.08 Å². The van der Waals surface area contributed by atoms with E-state index in [0.717, 1.165) is 0 Å². The molecule has 1 unspecified atom stereocenters. The third kappa shape index (κ3) is 2.93. The van der Waals surface area contributed by atoms with Gasteiger partial charge in [-0.3, -0.25) is 4.79 Å². The lowest BCUT2D eigenvalue weighted by atomic mass is 10.2. The first kappa shape index (κ1) is 12.0. The fourth-order valence-corrected chi connectivity index (χ4v) is 2.29. The van der Waals surface area contributed by atoms with Crippen LogP contribution >= 0.6 is 11.3 Å². The summed E-state index contributed by atoms with van der Waals surface area (Å²) < 4.78 is 0. The Bertz CT molecular complexity index is 367. The van der Waals surface area contributed by atoms with Crippen molar-refractivity contribution in [2.45, 2.75) is 26.8 Å². The molecule has 0 aliphatic heterocycles. The molecule has 82 valence electrons. The average Bonchev–Trinajstić information content (AvgIpc) is 2.63. The molecule has 0 saturated carbocycles. The number of hydrogen-bond donors (Lipinski definition) is 0. The van der Waals surface area contributed by atoms with Crippen LogP contribution in [0.4, 0.5) is 0 Å². The average molecular weight is 223 g/mol. The predicted octanol–water partition coefficient (Wildman–Crippen LogP) is 3.15. The highest BCUT2D eigenvalue weighted by Crippen LogP contribution is 2.26. The lowest BCUT2D eigenvalue weighted by Gasteiger charge is -2.22. The topological polar surface area (TPSA) is 20.3 Å². The van der Waals surface area contributed by atoms with Gasteiger partial charge in [0, 0.05) is 16.8 Å². The Morgan fingerprint density at radius 1 is 1.53 bits per heavy atom. The van der Waals surface area contributed by atoms with Crippen molar-refractivity contribution in [1.29, 1.82) is 0 Å². The highest BCUT2D eigenvalue weighted by molar-refractivity contribution is 7.12. The van der Waals surface area contributed by atoms with E-state index in [1.807, 2.05) is 20.9 Å². The van der Waals surface area contributed by atoms with Crippen LogP contribution in [0.3, 0.4) is 0 Å². The van der Waals surface area contributed by atoms with E-state index in [0.29, 0.717) is 0 Å². The number of hydrogen-bond acceptors (Lipinski definition) is 2. The van der Waals surface area contributed by atoms with Gasteiger partial charge in [0.2, 0.25) is 5.91 Å². The third-order valence-corrected chi connectivity index (χ3v) is 3.58. The number of aryl methyl sites for hydroxylation is 1. The lowest BCUT2D eigenvalue weighted by Crippen LogP contribution is -2.27. The summed E-state index contributed by atoms with van der Waals surface area (Å²) in [5.41, 5.74) is 0. The highest BCUT2D eigenvalue weighted by atomic mass is 32.1. The van der Waals surface area contributed by atoms with Gasteiger partial charge in [-0.2, -0.15) is 0 Å². The molecule has 0 aromatic carbocycles. The van der Waals surface area contributed by atoms with Gasteiger partial charge < -0.3 is 4.90 Å². The van der Waals surface area contributed by atoms with Crippen molar-refractivity contribution >= 4 is 17.2 Å². The Labute approximate surface area is 95.2 Å². The number of carbonyl (C=O) groups excluding carboxylic acids is 1. The van der Waals surface area contributed by atoms with E-state index in [4.69, 9.17) is 0 Å². The molecule has 3 heteroatoms. The summed E-state index contributed by atoms with van der Waals surface area (Å²) in [5, 5.41) is 0. The zero-order valence-corrected chi connectivity index (χ0v) is 10.5. The van der Waals surface area contributed by atoms with Crippen molar-refractivity contribution in [3.8, 4) is 0 Å². The molecule has 1 atom stereocenters. The minimum Gasteiger partial charge on any atom is -0.335 e. The maximum Gasteiger partial charge on any atom is 0.246 e. The van der Waals surface area contributed by atoms with Crippen LogP contribution in [0.15, 0.2) is 24.3 Å². The smallest absolute Gasteiger partial charge is 0.246 e. The first-order valence-corrected chi connectivity index (χ1v) is 5.83.